The number of halogens is 1. The average Bonchev–Trinajstić information content (AvgIpc) is 3.13. The van der Waals surface area contributed by atoms with Crippen molar-refractivity contribution in [1.29, 1.82) is 0 Å². The van der Waals surface area contributed by atoms with Gasteiger partial charge in [0.2, 0.25) is 0 Å². The normalized spacial score (nSPS) is 10.9. The predicted molar refractivity (Wildman–Crippen MR) is 116 cm³/mol. The monoisotopic (exact) mass is 410 g/mol. The summed E-state index contributed by atoms with van der Waals surface area (Å²) in [5.74, 6) is -0.157. The van der Waals surface area contributed by atoms with Crippen LogP contribution < -0.4 is 5.32 Å². The second-order valence-electron chi connectivity index (χ2n) is 5.86. The van der Waals surface area contributed by atoms with Gasteiger partial charge in [0.1, 0.15) is 0 Å². The van der Waals surface area contributed by atoms with Gasteiger partial charge in [0.15, 0.2) is 0 Å². The zero-order valence-corrected chi connectivity index (χ0v) is 16.8. The Morgan fingerprint density at radius 2 is 1.93 bits per heavy atom. The molecule has 0 bridgehead atoms. The number of aromatic nitrogens is 1. The number of hydrogen-bond acceptors (Lipinski definition) is 4. The molecule has 3 nitrogen and oxygen atoms in total. The Labute approximate surface area is 170 Å². The molecule has 1 N–H and O–H groups in total. The van der Waals surface area contributed by atoms with Crippen LogP contribution in [-0.2, 0) is 0 Å². The van der Waals surface area contributed by atoms with Crippen molar-refractivity contribution in [2.45, 2.75) is 4.90 Å². The maximum absolute atomic E-state index is 13.0. The van der Waals surface area contributed by atoms with Gasteiger partial charge in [-0.2, -0.15) is 0 Å². The Bertz CT molecular complexity index is 1140. The number of amides is 1. The first-order chi connectivity index (χ1) is 13.1. The lowest BCUT2D eigenvalue weighted by Gasteiger charge is -2.10. The van der Waals surface area contributed by atoms with Crippen LogP contribution in [0.1, 0.15) is 10.4 Å². The van der Waals surface area contributed by atoms with Crippen molar-refractivity contribution < 1.29 is 4.79 Å². The number of nitrogens with one attached hydrogen (secondary N) is 1. The van der Waals surface area contributed by atoms with Crippen LogP contribution in [0.4, 0.5) is 5.69 Å². The van der Waals surface area contributed by atoms with Crippen molar-refractivity contribution in [3.8, 4) is 10.6 Å². The lowest BCUT2D eigenvalue weighted by molar-refractivity contribution is 0.102. The van der Waals surface area contributed by atoms with Gasteiger partial charge in [-0.1, -0.05) is 35.9 Å². The van der Waals surface area contributed by atoms with Gasteiger partial charge in [-0.05, 0) is 48.7 Å². The second kappa shape index (κ2) is 7.72. The van der Waals surface area contributed by atoms with E-state index < -0.39 is 0 Å². The molecule has 0 aliphatic carbocycles. The molecule has 0 unspecified atom stereocenters. The van der Waals surface area contributed by atoms with Gasteiger partial charge < -0.3 is 5.32 Å². The number of carbonyl (C=O) groups excluding carboxylic acids is 1. The maximum Gasteiger partial charge on any atom is 0.256 e. The molecule has 2 heterocycles. The van der Waals surface area contributed by atoms with Crippen molar-refractivity contribution in [3.63, 3.8) is 0 Å². The Morgan fingerprint density at radius 3 is 2.70 bits per heavy atom. The summed E-state index contributed by atoms with van der Waals surface area (Å²) in [6.45, 7) is 0. The molecule has 27 heavy (non-hydrogen) atoms. The van der Waals surface area contributed by atoms with Crippen LogP contribution in [0, 0.1) is 0 Å². The molecule has 0 saturated carbocycles. The second-order valence-corrected chi connectivity index (χ2v) is 8.46. The van der Waals surface area contributed by atoms with E-state index in [0.29, 0.717) is 9.90 Å². The lowest BCUT2D eigenvalue weighted by Crippen LogP contribution is -2.13. The number of pyridine rings is 1. The fourth-order valence-corrected chi connectivity index (χ4v) is 4.30. The summed E-state index contributed by atoms with van der Waals surface area (Å²) >= 11 is 9.16. The minimum absolute atomic E-state index is 0.157. The Balaban J connectivity index is 1.78. The fraction of sp³-hybridized carbons (Fsp3) is 0.0476. The molecule has 0 aliphatic heterocycles. The first-order valence-corrected chi connectivity index (χ1v) is 10.7. The molecule has 0 saturated heterocycles. The maximum atomic E-state index is 13.0. The molecule has 0 aliphatic rings. The van der Waals surface area contributed by atoms with Gasteiger partial charge in [-0.3, -0.25) is 4.79 Å². The standard InChI is InChI=1S/C21H15ClN2OS2/c1-26-14-6-4-5-13(11-14)23-21(25)16-12-18(19-9-10-20(22)27-19)24-17-8-3-2-7-15(16)17/h2-12H,1H3,(H,23,25). The molecular formula is C21H15ClN2OS2. The highest BCUT2D eigenvalue weighted by Gasteiger charge is 2.15. The molecule has 0 atom stereocenters. The highest BCUT2D eigenvalue weighted by Crippen LogP contribution is 2.32. The zero-order chi connectivity index (χ0) is 18.8. The topological polar surface area (TPSA) is 42.0 Å². The smallest absolute Gasteiger partial charge is 0.256 e. The molecule has 6 heteroatoms. The van der Waals surface area contributed by atoms with E-state index in [4.69, 9.17) is 16.6 Å². The van der Waals surface area contributed by atoms with Gasteiger partial charge in [0, 0.05) is 16.0 Å². The summed E-state index contributed by atoms with van der Waals surface area (Å²) in [7, 11) is 0. The van der Waals surface area contributed by atoms with Gasteiger partial charge in [0.25, 0.3) is 5.91 Å². The van der Waals surface area contributed by atoms with E-state index in [1.165, 1.54) is 11.3 Å². The van der Waals surface area contributed by atoms with Gasteiger partial charge >= 0.3 is 0 Å². The number of fused-ring (bicyclic) bond motifs is 1. The van der Waals surface area contributed by atoms with Crippen LogP contribution in [0.5, 0.6) is 0 Å². The number of thioether (sulfide) groups is 1. The highest BCUT2D eigenvalue weighted by molar-refractivity contribution is 7.98. The third-order valence-corrected chi connectivity index (χ3v) is 6.09. The van der Waals surface area contributed by atoms with Crippen LogP contribution >= 0.6 is 34.7 Å². The Hall–Kier alpha value is -2.34. The van der Waals surface area contributed by atoms with E-state index in [2.05, 4.69) is 5.32 Å². The van der Waals surface area contributed by atoms with E-state index >= 15 is 0 Å². The number of benzene rings is 2. The minimum atomic E-state index is -0.157. The first kappa shape index (κ1) is 18.0. The van der Waals surface area contributed by atoms with Crippen LogP contribution in [0.2, 0.25) is 4.34 Å². The van der Waals surface area contributed by atoms with Crippen molar-refractivity contribution in [2.75, 3.05) is 11.6 Å². The molecule has 2 aromatic carbocycles. The quantitative estimate of drug-likeness (QED) is 0.386. The summed E-state index contributed by atoms with van der Waals surface area (Å²) in [6.07, 6.45) is 2.01. The molecule has 134 valence electrons. The number of anilines is 1. The van der Waals surface area contributed by atoms with Gasteiger partial charge in [0.05, 0.1) is 26.0 Å². The van der Waals surface area contributed by atoms with Crippen molar-refractivity contribution in [2.24, 2.45) is 0 Å². The number of rotatable bonds is 4. The summed E-state index contributed by atoms with van der Waals surface area (Å²) in [5, 5.41) is 3.83. The van der Waals surface area contributed by atoms with Crippen molar-refractivity contribution in [3.05, 3.63) is 76.6 Å². The Kier molecular flexibility index (Phi) is 5.16. The van der Waals surface area contributed by atoms with E-state index in [-0.39, 0.29) is 5.91 Å². The van der Waals surface area contributed by atoms with Gasteiger partial charge in [-0.15, -0.1) is 23.1 Å². The molecule has 4 rings (SSSR count). The molecular weight excluding hydrogens is 396 g/mol. The zero-order valence-electron chi connectivity index (χ0n) is 14.4. The molecule has 0 spiro atoms. The van der Waals surface area contributed by atoms with E-state index in [1.54, 1.807) is 11.8 Å². The number of nitrogens with zero attached hydrogens (tertiary/aromatic N) is 1. The predicted octanol–water partition coefficient (Wildman–Crippen LogP) is 6.59. The molecule has 2 aromatic heterocycles. The Morgan fingerprint density at radius 1 is 1.07 bits per heavy atom. The molecule has 1 amide bonds. The number of para-hydroxylation sites is 1. The van der Waals surface area contributed by atoms with E-state index in [0.717, 1.165) is 32.1 Å². The van der Waals surface area contributed by atoms with Crippen LogP contribution in [0.15, 0.2) is 71.6 Å². The molecule has 0 fully saturated rings. The first-order valence-electron chi connectivity index (χ1n) is 8.25. The van der Waals surface area contributed by atoms with Crippen LogP contribution in [0.3, 0.4) is 0 Å². The highest BCUT2D eigenvalue weighted by atomic mass is 35.5. The average molecular weight is 411 g/mol. The van der Waals surface area contributed by atoms with Crippen molar-refractivity contribution in [1.82, 2.24) is 4.98 Å². The number of hydrogen-bond donors (Lipinski definition) is 1. The van der Waals surface area contributed by atoms with Crippen LogP contribution in [0.25, 0.3) is 21.5 Å². The summed E-state index contributed by atoms with van der Waals surface area (Å²) in [4.78, 5) is 19.8. The largest absolute Gasteiger partial charge is 0.322 e. The molecule has 0 radical (unpaired) electrons. The van der Waals surface area contributed by atoms with Crippen molar-refractivity contribution >= 4 is 57.2 Å². The minimum Gasteiger partial charge on any atom is -0.322 e. The summed E-state index contributed by atoms with van der Waals surface area (Å²) in [6, 6.07) is 21.1. The van der Waals surface area contributed by atoms with E-state index in [9.17, 15) is 4.79 Å². The SMILES string of the molecule is CSc1cccc(NC(=O)c2cc(-c3ccc(Cl)s3)nc3ccccc23)c1. The van der Waals surface area contributed by atoms with Crippen LogP contribution in [-0.4, -0.2) is 17.1 Å². The fourth-order valence-electron chi connectivity index (χ4n) is 2.84. The third-order valence-electron chi connectivity index (χ3n) is 4.11. The lowest BCUT2D eigenvalue weighted by atomic mass is 10.1. The third kappa shape index (κ3) is 3.86. The number of thiophene rings is 1. The van der Waals surface area contributed by atoms with E-state index in [1.807, 2.05) is 73.0 Å². The van der Waals surface area contributed by atoms with Gasteiger partial charge in [-0.25, -0.2) is 4.98 Å². The summed E-state index contributed by atoms with van der Waals surface area (Å²) < 4.78 is 0.694. The summed E-state index contributed by atoms with van der Waals surface area (Å²) in [5.41, 5.74) is 2.89. The molecule has 4 aromatic rings. The number of carbonyl (C=O) groups is 1.